The smallest absolute Gasteiger partial charge is 0.133 e. The van der Waals surface area contributed by atoms with E-state index in [0.29, 0.717) is 6.04 Å². The molecule has 1 aromatic carbocycles. The maximum Gasteiger partial charge on any atom is 0.133 e. The summed E-state index contributed by atoms with van der Waals surface area (Å²) in [5.74, 6) is 1.01. The monoisotopic (exact) mass is 302 g/mol. The van der Waals surface area contributed by atoms with Crippen LogP contribution in [0.1, 0.15) is 42.9 Å². The van der Waals surface area contributed by atoms with E-state index in [9.17, 15) is 0 Å². The Morgan fingerprint density at radius 2 is 2.14 bits per heavy atom. The predicted molar refractivity (Wildman–Crippen MR) is 88.2 cm³/mol. The second-order valence-corrected chi connectivity index (χ2v) is 7.34. The van der Waals surface area contributed by atoms with Gasteiger partial charge in [0.1, 0.15) is 16.4 Å². The Kier molecular flexibility index (Phi) is 3.54. The van der Waals surface area contributed by atoms with Gasteiger partial charge in [0, 0.05) is 17.3 Å². The topological polar surface area (TPSA) is 34.1 Å². The average Bonchev–Trinajstić information content (AvgIpc) is 2.95. The Morgan fingerprint density at radius 3 is 2.86 bits per heavy atom. The number of para-hydroxylation sites is 1. The van der Waals surface area contributed by atoms with Crippen molar-refractivity contribution in [3.8, 4) is 16.3 Å². The van der Waals surface area contributed by atoms with Gasteiger partial charge in [-0.2, -0.15) is 0 Å². The highest BCUT2D eigenvalue weighted by Gasteiger charge is 2.32. The van der Waals surface area contributed by atoms with E-state index in [1.165, 1.54) is 10.4 Å². The highest BCUT2D eigenvalue weighted by atomic mass is 32.1. The van der Waals surface area contributed by atoms with Crippen LogP contribution < -0.4 is 10.1 Å². The molecule has 0 fully saturated rings. The number of fused-ring (bicyclic) bond motifs is 1. The van der Waals surface area contributed by atoms with E-state index in [0.717, 1.165) is 28.4 Å². The van der Waals surface area contributed by atoms with Gasteiger partial charge in [0.05, 0.1) is 11.3 Å². The van der Waals surface area contributed by atoms with E-state index in [-0.39, 0.29) is 5.60 Å². The number of aromatic nitrogens is 1. The van der Waals surface area contributed by atoms with Gasteiger partial charge in [-0.1, -0.05) is 12.1 Å². The van der Waals surface area contributed by atoms with Crippen LogP contribution in [0.3, 0.4) is 0 Å². The maximum atomic E-state index is 6.17. The number of rotatable bonds is 3. The van der Waals surface area contributed by atoms with E-state index in [2.05, 4.69) is 51.2 Å². The van der Waals surface area contributed by atoms with Crippen LogP contribution in [0.25, 0.3) is 10.6 Å². The largest absolute Gasteiger partial charge is 0.486 e. The average molecular weight is 302 g/mol. The van der Waals surface area contributed by atoms with Gasteiger partial charge in [0.25, 0.3) is 0 Å². The third-order valence-corrected chi connectivity index (χ3v) is 5.35. The zero-order valence-corrected chi connectivity index (χ0v) is 14.1. The van der Waals surface area contributed by atoms with Gasteiger partial charge in [0.2, 0.25) is 0 Å². The molecule has 0 amide bonds. The minimum absolute atomic E-state index is 0.119. The van der Waals surface area contributed by atoms with Crippen molar-refractivity contribution >= 4 is 11.3 Å². The molecule has 112 valence electrons. The standard InChI is InChI=1S/C17H22N2OS/c1-10(18-5)15-11(2)19-16(21-15)13-8-6-7-12-9-17(3,4)20-14(12)13/h6-8,10,18H,9H2,1-5H3. The van der Waals surface area contributed by atoms with Gasteiger partial charge in [-0.3, -0.25) is 0 Å². The first-order chi connectivity index (χ1) is 9.91. The molecule has 1 unspecified atom stereocenters. The van der Waals surface area contributed by atoms with Gasteiger partial charge in [-0.25, -0.2) is 4.98 Å². The van der Waals surface area contributed by atoms with Crippen molar-refractivity contribution in [2.24, 2.45) is 0 Å². The van der Waals surface area contributed by atoms with Crippen molar-refractivity contribution in [2.45, 2.75) is 45.8 Å². The van der Waals surface area contributed by atoms with Gasteiger partial charge in [0.15, 0.2) is 0 Å². The quantitative estimate of drug-likeness (QED) is 0.926. The minimum atomic E-state index is -0.119. The lowest BCUT2D eigenvalue weighted by Gasteiger charge is -2.17. The molecule has 1 N–H and O–H groups in total. The molecule has 3 nitrogen and oxygen atoms in total. The summed E-state index contributed by atoms with van der Waals surface area (Å²) in [6.45, 7) is 8.52. The molecule has 21 heavy (non-hydrogen) atoms. The van der Waals surface area contributed by atoms with Crippen molar-refractivity contribution in [3.05, 3.63) is 34.3 Å². The van der Waals surface area contributed by atoms with E-state index in [4.69, 9.17) is 9.72 Å². The molecule has 4 heteroatoms. The number of nitrogens with one attached hydrogen (secondary N) is 1. The maximum absolute atomic E-state index is 6.17. The van der Waals surface area contributed by atoms with E-state index < -0.39 is 0 Å². The van der Waals surface area contributed by atoms with Crippen LogP contribution in [-0.2, 0) is 6.42 Å². The molecule has 0 bridgehead atoms. The Hall–Kier alpha value is -1.39. The molecule has 0 aliphatic carbocycles. The summed E-state index contributed by atoms with van der Waals surface area (Å²) in [4.78, 5) is 6.07. The van der Waals surface area contributed by atoms with Crippen LogP contribution in [0.5, 0.6) is 5.75 Å². The molecular formula is C17H22N2OS. The second kappa shape index (κ2) is 5.11. The molecule has 0 saturated carbocycles. The van der Waals surface area contributed by atoms with E-state index in [1.54, 1.807) is 11.3 Å². The summed E-state index contributed by atoms with van der Waals surface area (Å²) in [7, 11) is 1.98. The van der Waals surface area contributed by atoms with Crippen LogP contribution >= 0.6 is 11.3 Å². The highest BCUT2D eigenvalue weighted by molar-refractivity contribution is 7.15. The minimum Gasteiger partial charge on any atom is -0.486 e. The summed E-state index contributed by atoms with van der Waals surface area (Å²) in [5, 5.41) is 4.35. The molecule has 1 aromatic heterocycles. The number of hydrogen-bond acceptors (Lipinski definition) is 4. The number of nitrogens with zero attached hydrogens (tertiary/aromatic N) is 1. The van der Waals surface area contributed by atoms with Crippen LogP contribution in [0.15, 0.2) is 18.2 Å². The molecular weight excluding hydrogens is 280 g/mol. The van der Waals surface area contributed by atoms with Crippen LogP contribution in [0.4, 0.5) is 0 Å². The van der Waals surface area contributed by atoms with E-state index >= 15 is 0 Å². The van der Waals surface area contributed by atoms with E-state index in [1.807, 2.05) is 7.05 Å². The third-order valence-electron chi connectivity index (χ3n) is 3.98. The van der Waals surface area contributed by atoms with Crippen LogP contribution in [-0.4, -0.2) is 17.6 Å². The fraction of sp³-hybridized carbons (Fsp3) is 0.471. The van der Waals surface area contributed by atoms with Gasteiger partial charge >= 0.3 is 0 Å². The lowest BCUT2D eigenvalue weighted by atomic mass is 10.0. The van der Waals surface area contributed by atoms with Gasteiger partial charge < -0.3 is 10.1 Å². The Balaban J connectivity index is 2.06. The number of aryl methyl sites for hydroxylation is 1. The predicted octanol–water partition coefficient (Wildman–Crippen LogP) is 4.11. The zero-order valence-electron chi connectivity index (χ0n) is 13.3. The van der Waals surface area contributed by atoms with Crippen molar-refractivity contribution < 1.29 is 4.74 Å². The molecule has 3 rings (SSSR count). The van der Waals surface area contributed by atoms with Gasteiger partial charge in [-0.05, 0) is 46.4 Å². The summed E-state index contributed by atoms with van der Waals surface area (Å²) in [6, 6.07) is 6.71. The first kappa shape index (κ1) is 14.5. The van der Waals surface area contributed by atoms with Crippen molar-refractivity contribution in [1.82, 2.24) is 10.3 Å². The van der Waals surface area contributed by atoms with Gasteiger partial charge in [-0.15, -0.1) is 11.3 Å². The fourth-order valence-electron chi connectivity index (χ4n) is 2.84. The number of benzene rings is 1. The summed E-state index contributed by atoms with van der Waals surface area (Å²) in [5.41, 5.74) is 3.40. The first-order valence-electron chi connectivity index (χ1n) is 7.37. The molecule has 0 spiro atoms. The number of hydrogen-bond donors (Lipinski definition) is 1. The van der Waals surface area contributed by atoms with Crippen LogP contribution in [0, 0.1) is 6.92 Å². The second-order valence-electron chi connectivity index (χ2n) is 6.31. The third kappa shape index (κ3) is 2.58. The van der Waals surface area contributed by atoms with Crippen molar-refractivity contribution in [3.63, 3.8) is 0 Å². The molecule has 0 radical (unpaired) electrons. The lowest BCUT2D eigenvalue weighted by Crippen LogP contribution is -2.24. The fourth-order valence-corrected chi connectivity index (χ4v) is 3.99. The Morgan fingerprint density at radius 1 is 1.38 bits per heavy atom. The summed E-state index contributed by atoms with van der Waals surface area (Å²) >= 11 is 1.76. The molecule has 2 aromatic rings. The molecule has 1 aliphatic heterocycles. The SMILES string of the molecule is CNC(C)c1sc(-c2cccc3c2OC(C)(C)C3)nc1C. The number of ether oxygens (including phenoxy) is 1. The first-order valence-corrected chi connectivity index (χ1v) is 8.19. The molecule has 1 aliphatic rings. The Labute approximate surface area is 130 Å². The van der Waals surface area contributed by atoms with Crippen molar-refractivity contribution in [2.75, 3.05) is 7.05 Å². The molecule has 1 atom stereocenters. The van der Waals surface area contributed by atoms with Crippen LogP contribution in [0.2, 0.25) is 0 Å². The number of thiazole rings is 1. The molecule has 2 heterocycles. The Bertz CT molecular complexity index is 675. The van der Waals surface area contributed by atoms with Crippen molar-refractivity contribution in [1.29, 1.82) is 0 Å². The summed E-state index contributed by atoms with van der Waals surface area (Å²) in [6.07, 6.45) is 0.959. The lowest BCUT2D eigenvalue weighted by molar-refractivity contribution is 0.139. The zero-order chi connectivity index (χ0) is 15.2. The highest BCUT2D eigenvalue weighted by Crippen LogP contribution is 2.44. The molecule has 0 saturated heterocycles. The normalized spacial score (nSPS) is 17.4. The summed E-state index contributed by atoms with van der Waals surface area (Å²) < 4.78 is 6.17.